The van der Waals surface area contributed by atoms with Crippen molar-refractivity contribution in [3.05, 3.63) is 143 Å². The molecule has 0 aliphatic carbocycles. The maximum Gasteiger partial charge on any atom is 0.389 e. The molecule has 254 valence electrons. The van der Waals surface area contributed by atoms with Crippen molar-refractivity contribution >= 4 is 36.0 Å². The van der Waals surface area contributed by atoms with Gasteiger partial charge < -0.3 is 9.39 Å². The second-order valence-corrected chi connectivity index (χ2v) is 22.5. The number of ether oxygens (including phenoxy) is 1. The Kier molecular flexibility index (Phi) is 6.60. The molecule has 0 saturated carbocycles. The molecule has 0 bridgehead atoms. The zero-order valence-corrected chi connectivity index (χ0v) is 32.0. The van der Waals surface area contributed by atoms with Crippen LogP contribution in [0.25, 0.3) is 33.4 Å². The molecule has 0 saturated heterocycles. The van der Waals surface area contributed by atoms with E-state index in [1.807, 2.05) is 66.7 Å². The summed E-state index contributed by atoms with van der Waals surface area (Å²) >= 11 is 1.97. The fraction of sp³-hybridized carbons (Fsp3) is 0.217. The van der Waals surface area contributed by atoms with Crippen LogP contribution in [0.5, 0.6) is 17.2 Å². The van der Waals surface area contributed by atoms with E-state index in [9.17, 15) is 0 Å². The molecular weight excluding hydrogens is 655 g/mol. The summed E-state index contributed by atoms with van der Waals surface area (Å²) in [6.45, 7) is 9.57. The summed E-state index contributed by atoms with van der Waals surface area (Å²) in [5.74, 6) is 1.76. The van der Waals surface area contributed by atoms with Gasteiger partial charge in [0.1, 0.15) is 11.5 Å². The predicted molar refractivity (Wildman–Crippen MR) is 222 cm³/mol. The number of aryl methyl sites for hydroxylation is 2. The smallest absolute Gasteiger partial charge is 0.389 e. The molecular formula is C46H45BO2SSi. The standard InChI is InChI=1S/C46H45BO2SSi/c1-28-24-26-32(30(3)42(28)34-16-14-19-37-44(34)48-39-21-11-10-18-36(39)46(37,5)6)33-27-25-29(2)43(31(33)4)35-17-15-20-38-45(35)50-51(8,9)41-23-13-12-22-40(41)49-47(38)7/h10-27H,1-9H3/i3D3,5D3. The van der Waals surface area contributed by atoms with Gasteiger partial charge in [-0.3, -0.25) is 0 Å². The summed E-state index contributed by atoms with van der Waals surface area (Å²) in [5, 5.41) is 1.27. The van der Waals surface area contributed by atoms with Crippen LogP contribution in [-0.2, 0) is 5.41 Å². The highest BCUT2D eigenvalue weighted by atomic mass is 32.4. The van der Waals surface area contributed by atoms with Crippen LogP contribution in [-0.4, -0.2) is 14.1 Å². The molecule has 0 fully saturated rings. The summed E-state index contributed by atoms with van der Waals surface area (Å²) in [5.41, 5.74) is 8.54. The Bertz CT molecular complexity index is 2600. The molecule has 2 aliphatic rings. The van der Waals surface area contributed by atoms with Gasteiger partial charge in [0.05, 0.1) is 5.75 Å². The zero-order valence-electron chi connectivity index (χ0n) is 36.2. The fourth-order valence-corrected chi connectivity index (χ4v) is 13.6. The van der Waals surface area contributed by atoms with E-state index < -0.39 is 26.3 Å². The number of rotatable bonds is 3. The van der Waals surface area contributed by atoms with Gasteiger partial charge in [0, 0.05) is 35.2 Å². The average Bonchev–Trinajstić information content (AvgIpc) is 3.14. The van der Waals surface area contributed by atoms with Crippen LogP contribution >= 0.6 is 11.2 Å². The summed E-state index contributed by atoms with van der Waals surface area (Å²) in [4.78, 5) is 1.20. The first-order valence-electron chi connectivity index (χ1n) is 20.6. The quantitative estimate of drug-likeness (QED) is 0.171. The SMILES string of the molecule is [2H]C([2H])([2H])c1c(-c2ccc(C)c(-c3cccc4c3S[Si](C)(C)c3ccccc3OB4C)c2C)ccc(C)c1-c1cccc2c1Oc1ccccc1C2(C)C([2H])([2H])[2H]. The first kappa shape index (κ1) is 27.2. The largest absolute Gasteiger partial charge is 0.556 e. The molecule has 51 heavy (non-hydrogen) atoms. The van der Waals surface area contributed by atoms with Crippen LogP contribution in [0.15, 0.2) is 114 Å². The average molecular weight is 707 g/mol. The minimum absolute atomic E-state index is 0.178. The molecule has 0 N–H and O–H groups in total. The van der Waals surface area contributed by atoms with Crippen molar-refractivity contribution in [2.45, 2.75) is 71.6 Å². The Morgan fingerprint density at radius 2 is 1.29 bits per heavy atom. The van der Waals surface area contributed by atoms with E-state index in [0.29, 0.717) is 39.3 Å². The van der Waals surface area contributed by atoms with Gasteiger partial charge in [0.25, 0.3) is 0 Å². The van der Waals surface area contributed by atoms with Crippen LogP contribution in [0.1, 0.15) is 55.4 Å². The molecule has 6 aromatic carbocycles. The maximum absolute atomic E-state index is 9.10. The number of para-hydroxylation sites is 3. The molecule has 8 rings (SSSR count). The van der Waals surface area contributed by atoms with E-state index >= 15 is 0 Å². The molecule has 5 heteroatoms. The minimum Gasteiger partial charge on any atom is -0.556 e. The normalized spacial score (nSPS) is 19.4. The van der Waals surface area contributed by atoms with E-state index in [1.165, 1.54) is 10.1 Å². The van der Waals surface area contributed by atoms with Crippen molar-refractivity contribution in [1.29, 1.82) is 0 Å². The van der Waals surface area contributed by atoms with Crippen molar-refractivity contribution in [2.24, 2.45) is 0 Å². The van der Waals surface area contributed by atoms with Gasteiger partial charge in [-0.25, -0.2) is 0 Å². The topological polar surface area (TPSA) is 18.5 Å². The van der Waals surface area contributed by atoms with Crippen LogP contribution in [0.2, 0.25) is 19.9 Å². The van der Waals surface area contributed by atoms with Crippen molar-refractivity contribution in [1.82, 2.24) is 0 Å². The summed E-state index contributed by atoms with van der Waals surface area (Å²) in [6, 6.07) is 35.6. The Hall–Kier alpha value is -4.45. The van der Waals surface area contributed by atoms with Crippen molar-refractivity contribution in [3.63, 3.8) is 0 Å². The zero-order chi connectivity index (χ0) is 40.8. The van der Waals surface area contributed by atoms with Crippen LogP contribution in [0, 0.1) is 27.6 Å². The molecule has 0 spiro atoms. The Morgan fingerprint density at radius 1 is 0.667 bits per heavy atom. The molecule has 0 amide bonds. The van der Waals surface area contributed by atoms with E-state index in [0.717, 1.165) is 44.6 Å². The second kappa shape index (κ2) is 12.4. The van der Waals surface area contributed by atoms with Gasteiger partial charge >= 0.3 is 6.92 Å². The molecule has 0 radical (unpaired) electrons. The van der Waals surface area contributed by atoms with Crippen LogP contribution in [0.4, 0.5) is 0 Å². The molecule has 0 aromatic heterocycles. The van der Waals surface area contributed by atoms with Crippen LogP contribution < -0.4 is 20.0 Å². The van der Waals surface area contributed by atoms with Gasteiger partial charge in [0.15, 0.2) is 7.22 Å². The van der Waals surface area contributed by atoms with Gasteiger partial charge in [-0.2, -0.15) is 0 Å². The lowest BCUT2D eigenvalue weighted by atomic mass is 9.63. The highest BCUT2D eigenvalue weighted by Crippen LogP contribution is 2.52. The third-order valence-electron chi connectivity index (χ3n) is 10.8. The lowest BCUT2D eigenvalue weighted by Crippen LogP contribution is -2.46. The minimum atomic E-state index is -2.54. The molecule has 2 nitrogen and oxygen atoms in total. The molecule has 1 unspecified atom stereocenters. The maximum atomic E-state index is 9.10. The summed E-state index contributed by atoms with van der Waals surface area (Å²) in [6.07, 6.45) is 0. The lowest BCUT2D eigenvalue weighted by molar-refractivity contribution is 0.419. The number of hydrogen-bond acceptors (Lipinski definition) is 3. The second-order valence-electron chi connectivity index (χ2n) is 14.6. The molecule has 6 aromatic rings. The first-order chi connectivity index (χ1) is 26.8. The van der Waals surface area contributed by atoms with Gasteiger partial charge in [0.2, 0.25) is 0 Å². The van der Waals surface area contributed by atoms with E-state index in [4.69, 9.17) is 17.6 Å². The third-order valence-corrected chi connectivity index (χ3v) is 16.5. The number of benzene rings is 6. The van der Waals surface area contributed by atoms with Gasteiger partial charge in [-0.05, 0) is 107 Å². The number of fused-ring (bicyclic) bond motifs is 4. The van der Waals surface area contributed by atoms with Gasteiger partial charge in [-0.1, -0.05) is 124 Å². The lowest BCUT2D eigenvalue weighted by Gasteiger charge is -2.35. The van der Waals surface area contributed by atoms with Crippen molar-refractivity contribution < 1.29 is 17.6 Å². The Balaban J connectivity index is 1.35. The van der Waals surface area contributed by atoms with E-state index in [-0.39, 0.29) is 12.5 Å². The monoisotopic (exact) mass is 706 g/mol. The summed E-state index contributed by atoms with van der Waals surface area (Å²) < 4.78 is 66.8. The fourth-order valence-electron chi connectivity index (χ4n) is 8.11. The molecule has 2 aliphatic heterocycles. The third kappa shape index (κ3) is 5.39. The van der Waals surface area contributed by atoms with Gasteiger partial charge in [-0.15, -0.1) is 11.2 Å². The van der Waals surface area contributed by atoms with Crippen molar-refractivity contribution in [3.8, 4) is 50.6 Å². The van der Waals surface area contributed by atoms with E-state index in [2.05, 4.69) is 76.2 Å². The predicted octanol–water partition coefficient (Wildman–Crippen LogP) is 11.8. The Morgan fingerprint density at radius 3 is 2.04 bits per heavy atom. The van der Waals surface area contributed by atoms with Crippen LogP contribution in [0.3, 0.4) is 0 Å². The highest BCUT2D eigenvalue weighted by molar-refractivity contribution is 8.30. The Labute approximate surface area is 317 Å². The first-order valence-corrected chi connectivity index (χ1v) is 22.1. The van der Waals surface area contributed by atoms with Crippen molar-refractivity contribution in [2.75, 3.05) is 0 Å². The summed E-state index contributed by atoms with van der Waals surface area (Å²) in [7, 11) is -2.12. The number of hydrogen-bond donors (Lipinski definition) is 0. The molecule has 1 atom stereocenters. The molecule has 2 heterocycles. The highest BCUT2D eigenvalue weighted by Gasteiger charge is 2.37. The van der Waals surface area contributed by atoms with E-state index in [1.54, 1.807) is 25.1 Å².